The van der Waals surface area contributed by atoms with E-state index in [1.807, 2.05) is 37.3 Å². The van der Waals surface area contributed by atoms with Crippen LogP contribution in [0.1, 0.15) is 24.1 Å². The first-order valence-electron chi connectivity index (χ1n) is 6.05. The van der Waals surface area contributed by atoms with E-state index in [-0.39, 0.29) is 11.9 Å². The van der Waals surface area contributed by atoms with Gasteiger partial charge in [-0.15, -0.1) is 0 Å². The lowest BCUT2D eigenvalue weighted by Crippen LogP contribution is -2.12. The molecule has 0 heterocycles. The molecule has 0 saturated heterocycles. The first kappa shape index (κ1) is 14.0. The van der Waals surface area contributed by atoms with Gasteiger partial charge in [-0.1, -0.05) is 18.2 Å². The fraction of sp³-hybridized carbons (Fsp3) is 0.200. The maximum absolute atomic E-state index is 13.5. The van der Waals surface area contributed by atoms with Crippen LogP contribution in [-0.2, 0) is 0 Å². The Bertz CT molecular complexity index is 574. The molecule has 19 heavy (non-hydrogen) atoms. The lowest BCUT2D eigenvalue weighted by atomic mass is 9.99. The van der Waals surface area contributed by atoms with Gasteiger partial charge in [-0.2, -0.15) is 0 Å². The Balaban J connectivity index is 2.29. The fourth-order valence-corrected chi connectivity index (χ4v) is 2.11. The van der Waals surface area contributed by atoms with Crippen LogP contribution in [0.25, 0.3) is 0 Å². The highest BCUT2D eigenvalue weighted by atomic mass is 79.9. The van der Waals surface area contributed by atoms with Crippen LogP contribution in [0.3, 0.4) is 0 Å². The summed E-state index contributed by atoms with van der Waals surface area (Å²) in [5, 5.41) is 0. The highest BCUT2D eigenvalue weighted by Crippen LogP contribution is 2.26. The van der Waals surface area contributed by atoms with Crippen molar-refractivity contribution >= 4 is 15.9 Å². The van der Waals surface area contributed by atoms with E-state index in [9.17, 15) is 4.39 Å². The van der Waals surface area contributed by atoms with Crippen molar-refractivity contribution in [1.82, 2.24) is 0 Å². The molecule has 2 N–H and O–H groups in total. The summed E-state index contributed by atoms with van der Waals surface area (Å²) >= 11 is 3.13. The largest absolute Gasteiger partial charge is 0.494 e. The van der Waals surface area contributed by atoms with E-state index in [1.165, 1.54) is 6.07 Å². The molecule has 0 aromatic heterocycles. The van der Waals surface area contributed by atoms with E-state index in [0.29, 0.717) is 11.1 Å². The van der Waals surface area contributed by atoms with E-state index in [2.05, 4.69) is 15.9 Å². The van der Waals surface area contributed by atoms with Crippen LogP contribution in [0.4, 0.5) is 4.39 Å². The summed E-state index contributed by atoms with van der Waals surface area (Å²) in [7, 11) is 0. The maximum Gasteiger partial charge on any atom is 0.137 e. The van der Waals surface area contributed by atoms with Crippen LogP contribution in [-0.4, -0.2) is 6.61 Å². The van der Waals surface area contributed by atoms with Crippen LogP contribution < -0.4 is 10.5 Å². The molecule has 1 atom stereocenters. The zero-order valence-electron chi connectivity index (χ0n) is 10.6. The van der Waals surface area contributed by atoms with E-state index in [4.69, 9.17) is 10.5 Å². The third-order valence-corrected chi connectivity index (χ3v) is 3.47. The fourth-order valence-electron chi connectivity index (χ4n) is 1.86. The van der Waals surface area contributed by atoms with Gasteiger partial charge in [-0.25, -0.2) is 4.39 Å². The minimum atomic E-state index is -0.372. The average molecular weight is 324 g/mol. The van der Waals surface area contributed by atoms with Gasteiger partial charge in [0.1, 0.15) is 11.6 Å². The molecule has 2 rings (SSSR count). The molecule has 0 fully saturated rings. The number of ether oxygens (including phenoxy) is 1. The minimum Gasteiger partial charge on any atom is -0.494 e. The van der Waals surface area contributed by atoms with Gasteiger partial charge in [0.2, 0.25) is 0 Å². The minimum absolute atomic E-state index is 0.311. The Morgan fingerprint density at radius 1 is 1.21 bits per heavy atom. The van der Waals surface area contributed by atoms with Crippen molar-refractivity contribution in [3.05, 3.63) is 63.9 Å². The van der Waals surface area contributed by atoms with Gasteiger partial charge in [0.15, 0.2) is 0 Å². The number of hydrogen-bond donors (Lipinski definition) is 1. The van der Waals surface area contributed by atoms with Crippen molar-refractivity contribution in [1.29, 1.82) is 0 Å². The SMILES string of the molecule is CCOc1cccc(C(N)c2ccc(Br)c(F)c2)c1. The number of halogens is 2. The molecule has 0 amide bonds. The molecule has 0 bridgehead atoms. The summed E-state index contributed by atoms with van der Waals surface area (Å²) in [6, 6.07) is 12.1. The molecule has 0 spiro atoms. The van der Waals surface area contributed by atoms with Gasteiger partial charge >= 0.3 is 0 Å². The number of hydrogen-bond acceptors (Lipinski definition) is 2. The van der Waals surface area contributed by atoms with Crippen molar-refractivity contribution in [3.8, 4) is 5.75 Å². The second kappa shape index (κ2) is 6.17. The van der Waals surface area contributed by atoms with Crippen LogP contribution in [0.2, 0.25) is 0 Å². The van der Waals surface area contributed by atoms with E-state index >= 15 is 0 Å². The molecule has 0 saturated carbocycles. The molecular weight excluding hydrogens is 309 g/mol. The number of rotatable bonds is 4. The molecular formula is C15H15BrFNO. The number of benzene rings is 2. The van der Waals surface area contributed by atoms with Gasteiger partial charge in [0.25, 0.3) is 0 Å². The van der Waals surface area contributed by atoms with Gasteiger partial charge in [0, 0.05) is 0 Å². The second-order valence-corrected chi connectivity index (χ2v) is 5.01. The average Bonchev–Trinajstić information content (AvgIpc) is 2.42. The summed E-state index contributed by atoms with van der Waals surface area (Å²) in [6.45, 7) is 2.53. The third-order valence-electron chi connectivity index (χ3n) is 2.83. The van der Waals surface area contributed by atoms with E-state index < -0.39 is 0 Å². The van der Waals surface area contributed by atoms with Crippen molar-refractivity contribution in [2.75, 3.05) is 6.61 Å². The summed E-state index contributed by atoms with van der Waals surface area (Å²) in [5.74, 6) is 0.460. The van der Waals surface area contributed by atoms with Crippen molar-refractivity contribution < 1.29 is 9.13 Å². The zero-order valence-corrected chi connectivity index (χ0v) is 12.2. The Morgan fingerprint density at radius 3 is 2.63 bits per heavy atom. The molecule has 2 aromatic carbocycles. The molecule has 1 unspecified atom stereocenters. The smallest absolute Gasteiger partial charge is 0.137 e. The predicted molar refractivity (Wildman–Crippen MR) is 77.7 cm³/mol. The second-order valence-electron chi connectivity index (χ2n) is 4.16. The Kier molecular flexibility index (Phi) is 4.56. The van der Waals surface area contributed by atoms with Crippen LogP contribution in [0.5, 0.6) is 5.75 Å². The summed E-state index contributed by atoms with van der Waals surface area (Å²) in [6.07, 6.45) is 0. The highest BCUT2D eigenvalue weighted by molar-refractivity contribution is 9.10. The van der Waals surface area contributed by atoms with Crippen molar-refractivity contribution in [3.63, 3.8) is 0 Å². The Morgan fingerprint density at radius 2 is 1.95 bits per heavy atom. The first-order valence-corrected chi connectivity index (χ1v) is 6.84. The predicted octanol–water partition coefficient (Wildman–Crippen LogP) is 4.04. The quantitative estimate of drug-likeness (QED) is 0.921. The van der Waals surface area contributed by atoms with Gasteiger partial charge in [0.05, 0.1) is 17.1 Å². The van der Waals surface area contributed by atoms with Gasteiger partial charge < -0.3 is 10.5 Å². The van der Waals surface area contributed by atoms with Crippen molar-refractivity contribution in [2.24, 2.45) is 5.73 Å². The number of nitrogens with two attached hydrogens (primary N) is 1. The first-order chi connectivity index (χ1) is 9.11. The highest BCUT2D eigenvalue weighted by Gasteiger charge is 2.11. The molecule has 2 aromatic rings. The molecule has 0 aliphatic rings. The topological polar surface area (TPSA) is 35.2 Å². The van der Waals surface area contributed by atoms with Gasteiger partial charge in [-0.3, -0.25) is 0 Å². The van der Waals surface area contributed by atoms with E-state index in [1.54, 1.807) is 6.07 Å². The third kappa shape index (κ3) is 3.33. The zero-order chi connectivity index (χ0) is 13.8. The van der Waals surface area contributed by atoms with Crippen LogP contribution in [0, 0.1) is 5.82 Å². The summed E-state index contributed by atoms with van der Waals surface area (Å²) < 4.78 is 19.4. The molecule has 100 valence electrons. The van der Waals surface area contributed by atoms with Crippen LogP contribution >= 0.6 is 15.9 Å². The standard InChI is InChI=1S/C15H15BrFNO/c1-2-19-12-5-3-4-10(8-12)15(18)11-6-7-13(16)14(17)9-11/h3-9,15H,2,18H2,1H3. The normalized spacial score (nSPS) is 12.2. The molecule has 2 nitrogen and oxygen atoms in total. The lowest BCUT2D eigenvalue weighted by Gasteiger charge is -2.14. The summed E-state index contributed by atoms with van der Waals surface area (Å²) in [4.78, 5) is 0. The van der Waals surface area contributed by atoms with Crippen LogP contribution in [0.15, 0.2) is 46.9 Å². The monoisotopic (exact) mass is 323 g/mol. The maximum atomic E-state index is 13.5. The molecule has 4 heteroatoms. The van der Waals surface area contributed by atoms with Gasteiger partial charge in [-0.05, 0) is 58.2 Å². The molecule has 0 aliphatic carbocycles. The summed E-state index contributed by atoms with van der Waals surface area (Å²) in [5.41, 5.74) is 7.79. The Hall–Kier alpha value is -1.39. The lowest BCUT2D eigenvalue weighted by molar-refractivity contribution is 0.340. The molecule has 0 aliphatic heterocycles. The Labute approximate surface area is 120 Å². The van der Waals surface area contributed by atoms with Crippen molar-refractivity contribution in [2.45, 2.75) is 13.0 Å². The molecule has 0 radical (unpaired) electrons. The van der Waals surface area contributed by atoms with E-state index in [0.717, 1.165) is 16.9 Å².